The highest BCUT2D eigenvalue weighted by Crippen LogP contribution is 2.13. The summed E-state index contributed by atoms with van der Waals surface area (Å²) in [5, 5.41) is 10.2. The molecule has 0 spiro atoms. The summed E-state index contributed by atoms with van der Waals surface area (Å²) >= 11 is 5.36. The van der Waals surface area contributed by atoms with E-state index in [2.05, 4.69) is 24.5 Å². The molecule has 1 N–H and O–H groups in total. The number of carbonyl (C=O) groups is 1. The average Bonchev–Trinajstić information content (AvgIpc) is 2.53. The molecule has 0 atom stereocenters. The third-order valence-corrected chi connectivity index (χ3v) is 2.36. The molecule has 0 aliphatic heterocycles. The molecule has 1 heterocycles. The number of rotatable bonds is 2. The van der Waals surface area contributed by atoms with Crippen molar-refractivity contribution in [3.8, 4) is 11.8 Å². The van der Waals surface area contributed by atoms with Gasteiger partial charge in [0.1, 0.15) is 0 Å². The maximum atomic E-state index is 10.5. The number of hydrogen-bond acceptors (Lipinski definition) is 3. The lowest BCUT2D eigenvalue weighted by atomic mass is 10.3. The van der Waals surface area contributed by atoms with E-state index in [1.807, 2.05) is 0 Å². The molecule has 0 unspecified atom stereocenters. The fraction of sp³-hybridized carbons (Fsp3) is 0.222. The largest absolute Gasteiger partial charge is 0.478 e. The molecule has 0 fully saturated rings. The van der Waals surface area contributed by atoms with Crippen LogP contribution < -0.4 is 0 Å². The van der Waals surface area contributed by atoms with Crippen LogP contribution in [0.3, 0.4) is 0 Å². The van der Waals surface area contributed by atoms with Crippen LogP contribution in [0.5, 0.6) is 0 Å². The summed E-state index contributed by atoms with van der Waals surface area (Å²) in [4.78, 5) is 11.3. The summed E-state index contributed by atoms with van der Waals surface area (Å²) in [5.74, 6) is 5.59. The van der Waals surface area contributed by atoms with Gasteiger partial charge in [-0.25, -0.2) is 4.79 Å². The van der Waals surface area contributed by atoms with Crippen molar-refractivity contribution in [2.45, 2.75) is 6.42 Å². The Balaban J connectivity index is 2.71. The van der Waals surface area contributed by atoms with Gasteiger partial charge >= 0.3 is 5.97 Å². The molecule has 4 heteroatoms. The Morgan fingerprint density at radius 3 is 3.00 bits per heavy atom. The first-order valence-electron chi connectivity index (χ1n) is 3.65. The van der Waals surface area contributed by atoms with Crippen molar-refractivity contribution in [3.63, 3.8) is 0 Å². The molecule has 1 aromatic heterocycles. The Hall–Kier alpha value is -0.920. The van der Waals surface area contributed by atoms with Crippen LogP contribution in [0.25, 0.3) is 0 Å². The van der Waals surface area contributed by atoms with Crippen molar-refractivity contribution in [3.05, 3.63) is 21.9 Å². The van der Waals surface area contributed by atoms with Gasteiger partial charge in [0.25, 0.3) is 0 Å². The average molecular weight is 212 g/mol. The summed E-state index contributed by atoms with van der Waals surface area (Å²) in [6, 6.07) is 1.58. The molecular weight excluding hydrogens is 204 g/mol. The van der Waals surface area contributed by atoms with Gasteiger partial charge in [0, 0.05) is 17.6 Å². The highest BCUT2D eigenvalue weighted by Gasteiger charge is 2.03. The van der Waals surface area contributed by atoms with Crippen molar-refractivity contribution in [1.29, 1.82) is 0 Å². The zero-order chi connectivity index (χ0) is 9.68. The molecule has 1 rings (SSSR count). The van der Waals surface area contributed by atoms with E-state index in [0.29, 0.717) is 5.56 Å². The predicted octanol–water partition coefficient (Wildman–Crippen LogP) is 2.12. The molecule has 0 aliphatic carbocycles. The van der Waals surface area contributed by atoms with Gasteiger partial charge in [0.15, 0.2) is 0 Å². The molecular formula is C9H8O2S2. The van der Waals surface area contributed by atoms with Crippen molar-refractivity contribution < 1.29 is 9.90 Å². The molecule has 2 nitrogen and oxygen atoms in total. The molecule has 0 bridgehead atoms. The second-order valence-corrected chi connectivity index (χ2v) is 3.64. The van der Waals surface area contributed by atoms with E-state index in [1.165, 1.54) is 11.3 Å². The SMILES string of the molecule is O=C(O)c1csc(C#CCCS)c1. The first-order valence-corrected chi connectivity index (χ1v) is 5.17. The molecule has 13 heavy (non-hydrogen) atoms. The fourth-order valence-corrected chi connectivity index (χ4v) is 1.58. The van der Waals surface area contributed by atoms with Gasteiger partial charge in [-0.05, 0) is 6.07 Å². The first-order chi connectivity index (χ1) is 6.24. The predicted molar refractivity (Wildman–Crippen MR) is 56.6 cm³/mol. The second-order valence-electron chi connectivity index (χ2n) is 2.28. The van der Waals surface area contributed by atoms with Gasteiger partial charge in [-0.15, -0.1) is 11.3 Å². The monoisotopic (exact) mass is 212 g/mol. The minimum absolute atomic E-state index is 0.306. The van der Waals surface area contributed by atoms with Gasteiger partial charge in [0.2, 0.25) is 0 Å². The summed E-state index contributed by atoms with van der Waals surface area (Å²) in [7, 11) is 0. The van der Waals surface area contributed by atoms with Crippen molar-refractivity contribution in [1.82, 2.24) is 0 Å². The van der Waals surface area contributed by atoms with Gasteiger partial charge in [0.05, 0.1) is 10.4 Å². The zero-order valence-electron chi connectivity index (χ0n) is 6.78. The van der Waals surface area contributed by atoms with Gasteiger partial charge in [-0.1, -0.05) is 11.8 Å². The lowest BCUT2D eigenvalue weighted by Gasteiger charge is -1.80. The van der Waals surface area contributed by atoms with E-state index < -0.39 is 5.97 Å². The van der Waals surface area contributed by atoms with Crippen LogP contribution in [0.1, 0.15) is 21.7 Å². The third kappa shape index (κ3) is 3.13. The number of aromatic carboxylic acids is 1. The van der Waals surface area contributed by atoms with Crippen LogP contribution in [0.15, 0.2) is 11.4 Å². The number of carboxylic acid groups (broad SMARTS) is 1. The van der Waals surface area contributed by atoms with Crippen LogP contribution in [-0.4, -0.2) is 16.8 Å². The molecule has 0 aromatic carbocycles. The van der Waals surface area contributed by atoms with Gasteiger partial charge < -0.3 is 5.11 Å². The Morgan fingerprint density at radius 1 is 1.69 bits per heavy atom. The zero-order valence-corrected chi connectivity index (χ0v) is 8.49. The summed E-state index contributed by atoms with van der Waals surface area (Å²) in [6.45, 7) is 0. The Bertz CT molecular complexity index is 357. The quantitative estimate of drug-likeness (QED) is 0.582. The van der Waals surface area contributed by atoms with Crippen molar-refractivity contribution in [2.24, 2.45) is 0 Å². The van der Waals surface area contributed by atoms with Crippen LogP contribution >= 0.6 is 24.0 Å². The number of carboxylic acids is 1. The maximum absolute atomic E-state index is 10.5. The van der Waals surface area contributed by atoms with Crippen LogP contribution in [-0.2, 0) is 0 Å². The molecule has 1 aromatic rings. The van der Waals surface area contributed by atoms with Crippen LogP contribution in [0, 0.1) is 11.8 Å². The third-order valence-electron chi connectivity index (χ3n) is 1.29. The summed E-state index contributed by atoms with van der Waals surface area (Å²) < 4.78 is 0. The Morgan fingerprint density at radius 2 is 2.46 bits per heavy atom. The highest BCUT2D eigenvalue weighted by atomic mass is 32.1. The van der Waals surface area contributed by atoms with E-state index in [1.54, 1.807) is 11.4 Å². The molecule has 68 valence electrons. The normalized spacial score (nSPS) is 9.00. The highest BCUT2D eigenvalue weighted by molar-refractivity contribution is 7.80. The minimum Gasteiger partial charge on any atom is -0.478 e. The summed E-state index contributed by atoms with van der Waals surface area (Å²) in [5.41, 5.74) is 0.306. The number of thiol groups is 1. The lowest BCUT2D eigenvalue weighted by Crippen LogP contribution is -1.91. The van der Waals surface area contributed by atoms with Gasteiger partial charge in [-0.2, -0.15) is 12.6 Å². The first kappa shape index (κ1) is 10.2. The number of hydrogen-bond donors (Lipinski definition) is 2. The molecule has 0 saturated heterocycles. The lowest BCUT2D eigenvalue weighted by molar-refractivity contribution is 0.0697. The molecule has 0 radical (unpaired) electrons. The maximum Gasteiger partial charge on any atom is 0.336 e. The fourth-order valence-electron chi connectivity index (χ4n) is 0.719. The molecule has 0 amide bonds. The Labute approximate surface area is 86.0 Å². The van der Waals surface area contributed by atoms with E-state index in [-0.39, 0.29) is 0 Å². The van der Waals surface area contributed by atoms with Gasteiger partial charge in [-0.3, -0.25) is 0 Å². The van der Waals surface area contributed by atoms with Crippen LogP contribution in [0.4, 0.5) is 0 Å². The minimum atomic E-state index is -0.904. The molecule has 0 aliphatic rings. The van der Waals surface area contributed by atoms with Crippen molar-refractivity contribution in [2.75, 3.05) is 5.75 Å². The second kappa shape index (κ2) is 4.95. The van der Waals surface area contributed by atoms with E-state index in [0.717, 1.165) is 17.1 Å². The standard InChI is InChI=1S/C9H8O2S2/c10-9(11)7-5-8(13-6-7)3-1-2-4-12/h5-6,12H,2,4H2,(H,10,11). The van der Waals surface area contributed by atoms with E-state index >= 15 is 0 Å². The van der Waals surface area contributed by atoms with Crippen LogP contribution in [0.2, 0.25) is 0 Å². The van der Waals surface area contributed by atoms with E-state index in [9.17, 15) is 4.79 Å². The topological polar surface area (TPSA) is 37.3 Å². The van der Waals surface area contributed by atoms with Crippen molar-refractivity contribution >= 4 is 29.9 Å². The molecule has 0 saturated carbocycles. The smallest absolute Gasteiger partial charge is 0.336 e. The Kier molecular flexibility index (Phi) is 3.87. The summed E-state index contributed by atoms with van der Waals surface area (Å²) in [6.07, 6.45) is 0.726. The number of thiophene rings is 1. The van der Waals surface area contributed by atoms with E-state index in [4.69, 9.17) is 5.11 Å².